The first-order valence-corrected chi connectivity index (χ1v) is 11.8. The van der Waals surface area contributed by atoms with Crippen molar-refractivity contribution in [2.24, 2.45) is 0 Å². The van der Waals surface area contributed by atoms with Crippen molar-refractivity contribution in [3.63, 3.8) is 0 Å². The molecule has 188 valence electrons. The van der Waals surface area contributed by atoms with Gasteiger partial charge in [-0.3, -0.25) is 10.1 Å². The van der Waals surface area contributed by atoms with E-state index in [-0.39, 0.29) is 31.3 Å². The van der Waals surface area contributed by atoms with Gasteiger partial charge in [0, 0.05) is 18.2 Å². The molecular weight excluding hydrogens is 486 g/mol. The molecule has 0 fully saturated rings. The molecule has 1 amide bonds. The van der Waals surface area contributed by atoms with Gasteiger partial charge in [0.25, 0.3) is 0 Å². The van der Waals surface area contributed by atoms with E-state index in [0.717, 1.165) is 0 Å². The average molecular weight is 512 g/mol. The molecule has 1 aliphatic heterocycles. The van der Waals surface area contributed by atoms with E-state index in [9.17, 15) is 14.7 Å². The van der Waals surface area contributed by atoms with Crippen LogP contribution in [0.25, 0.3) is 0 Å². The van der Waals surface area contributed by atoms with E-state index in [1.165, 1.54) is 12.1 Å². The Kier molecular flexibility index (Phi) is 8.40. The van der Waals surface area contributed by atoms with Gasteiger partial charge in [-0.2, -0.15) is 12.6 Å². The van der Waals surface area contributed by atoms with Crippen molar-refractivity contribution in [2.45, 2.75) is 18.6 Å². The van der Waals surface area contributed by atoms with E-state index in [1.807, 2.05) is 18.2 Å². The van der Waals surface area contributed by atoms with Crippen LogP contribution in [0, 0.1) is 0 Å². The van der Waals surface area contributed by atoms with Gasteiger partial charge in [0.05, 0.1) is 12.4 Å². The van der Waals surface area contributed by atoms with Crippen LogP contribution < -0.4 is 19.5 Å². The third-order valence-electron chi connectivity index (χ3n) is 5.24. The summed E-state index contributed by atoms with van der Waals surface area (Å²) < 4.78 is 27.9. The molecule has 2 N–H and O–H groups in total. The predicted molar refractivity (Wildman–Crippen MR) is 134 cm³/mol. The minimum absolute atomic E-state index is 0.0264. The fourth-order valence-electron chi connectivity index (χ4n) is 3.54. The van der Waals surface area contributed by atoms with Gasteiger partial charge >= 0.3 is 12.1 Å². The fourth-order valence-corrected chi connectivity index (χ4v) is 3.63. The van der Waals surface area contributed by atoms with Crippen molar-refractivity contribution in [1.29, 1.82) is 0 Å². The number of nitrogens with one attached hydrogen (secondary N) is 1. The number of carbonyl (C=O) groups excluding carboxylic acids is 2. The van der Waals surface area contributed by atoms with Crippen LogP contribution in [0.5, 0.6) is 23.0 Å². The molecular formula is C26H25NO8S. The highest BCUT2D eigenvalue weighted by Gasteiger charge is 2.30. The Hall–Kier alpha value is -4.05. The standard InChI is InChI=1S/C26H25NO8S/c28-19-9-6-17(7-10-19)25(35-26(30)27-18-8-11-21-23(14-18)33-16-32-21)22(12-13-31-24(29)15-36)34-20-4-2-1-3-5-20/h1-11,14,22,25,28,36H,12-13,15-16H2,(H,27,30)/t22-,25-/m0/s1. The smallest absolute Gasteiger partial charge is 0.412 e. The molecule has 1 aliphatic rings. The van der Waals surface area contributed by atoms with Crippen LogP contribution >= 0.6 is 12.6 Å². The summed E-state index contributed by atoms with van der Waals surface area (Å²) in [5.41, 5.74) is 1.03. The van der Waals surface area contributed by atoms with Crippen molar-refractivity contribution < 1.29 is 38.4 Å². The number of hydrogen-bond donors (Lipinski definition) is 3. The number of carbonyl (C=O) groups is 2. The molecule has 1 heterocycles. The molecule has 3 aromatic carbocycles. The molecule has 0 unspecified atom stereocenters. The van der Waals surface area contributed by atoms with E-state index in [4.69, 9.17) is 23.7 Å². The van der Waals surface area contributed by atoms with Crippen molar-refractivity contribution in [3.8, 4) is 23.0 Å². The lowest BCUT2D eigenvalue weighted by Crippen LogP contribution is -2.32. The van der Waals surface area contributed by atoms with Crippen LogP contribution in [0.2, 0.25) is 0 Å². The fraction of sp³-hybridized carbons (Fsp3) is 0.231. The molecule has 3 aromatic rings. The first-order chi connectivity index (χ1) is 17.5. The number of anilines is 1. The van der Waals surface area contributed by atoms with E-state index in [0.29, 0.717) is 28.5 Å². The Bertz CT molecular complexity index is 1170. The van der Waals surface area contributed by atoms with E-state index in [2.05, 4.69) is 17.9 Å². The number of fused-ring (bicyclic) bond motifs is 1. The molecule has 0 aliphatic carbocycles. The highest BCUT2D eigenvalue weighted by Crippen LogP contribution is 2.35. The second-order valence-corrected chi connectivity index (χ2v) is 8.06. The number of hydrogen-bond acceptors (Lipinski definition) is 9. The maximum Gasteiger partial charge on any atom is 0.412 e. The normalized spacial score (nSPS) is 13.4. The van der Waals surface area contributed by atoms with Gasteiger partial charge < -0.3 is 28.8 Å². The highest BCUT2D eigenvalue weighted by molar-refractivity contribution is 7.81. The Morgan fingerprint density at radius 2 is 1.75 bits per heavy atom. The number of thiol groups is 1. The zero-order valence-corrected chi connectivity index (χ0v) is 20.1. The number of para-hydroxylation sites is 1. The van der Waals surface area contributed by atoms with Gasteiger partial charge in [-0.05, 0) is 42.0 Å². The van der Waals surface area contributed by atoms with Gasteiger partial charge in [-0.1, -0.05) is 30.3 Å². The number of esters is 1. The highest BCUT2D eigenvalue weighted by atomic mass is 32.1. The number of ether oxygens (including phenoxy) is 5. The average Bonchev–Trinajstić information content (AvgIpc) is 3.36. The Labute approximate surface area is 213 Å². The molecule has 36 heavy (non-hydrogen) atoms. The lowest BCUT2D eigenvalue weighted by atomic mass is 10.0. The summed E-state index contributed by atoms with van der Waals surface area (Å²) in [6, 6.07) is 20.3. The lowest BCUT2D eigenvalue weighted by molar-refractivity contribution is -0.141. The maximum absolute atomic E-state index is 12.9. The maximum atomic E-state index is 12.9. The summed E-state index contributed by atoms with van der Waals surface area (Å²) in [6.07, 6.45) is -2.15. The zero-order valence-electron chi connectivity index (χ0n) is 19.2. The van der Waals surface area contributed by atoms with E-state index < -0.39 is 24.3 Å². The van der Waals surface area contributed by atoms with Crippen molar-refractivity contribution in [2.75, 3.05) is 24.5 Å². The topological polar surface area (TPSA) is 113 Å². The van der Waals surface area contributed by atoms with Crippen LogP contribution in [-0.4, -0.2) is 42.4 Å². The van der Waals surface area contributed by atoms with Crippen molar-refractivity contribution >= 4 is 30.4 Å². The molecule has 9 nitrogen and oxygen atoms in total. The number of benzene rings is 3. The Morgan fingerprint density at radius 1 is 1.00 bits per heavy atom. The lowest BCUT2D eigenvalue weighted by Gasteiger charge is -2.28. The number of amides is 1. The third kappa shape index (κ3) is 6.76. The number of aromatic hydroxyl groups is 1. The van der Waals surface area contributed by atoms with Gasteiger partial charge in [0.15, 0.2) is 17.6 Å². The third-order valence-corrected chi connectivity index (χ3v) is 5.50. The summed E-state index contributed by atoms with van der Waals surface area (Å²) in [5, 5.41) is 12.4. The SMILES string of the molecule is O=C(CS)OCC[C@H](Oc1ccccc1)[C@@H](OC(=O)Nc1ccc2c(c1)OCO2)c1ccc(O)cc1. The molecule has 0 saturated carbocycles. The van der Waals surface area contributed by atoms with E-state index in [1.54, 1.807) is 42.5 Å². The van der Waals surface area contributed by atoms with Gasteiger partial charge in [-0.15, -0.1) is 0 Å². The Balaban J connectivity index is 1.56. The Morgan fingerprint density at radius 3 is 2.50 bits per heavy atom. The molecule has 0 saturated heterocycles. The second-order valence-electron chi connectivity index (χ2n) is 7.75. The van der Waals surface area contributed by atoms with Crippen LogP contribution in [0.3, 0.4) is 0 Å². The predicted octanol–water partition coefficient (Wildman–Crippen LogP) is 4.72. The minimum Gasteiger partial charge on any atom is -0.508 e. The van der Waals surface area contributed by atoms with Gasteiger partial charge in [0.1, 0.15) is 17.6 Å². The molecule has 2 atom stereocenters. The summed E-state index contributed by atoms with van der Waals surface area (Å²) in [7, 11) is 0. The summed E-state index contributed by atoms with van der Waals surface area (Å²) in [4.78, 5) is 24.6. The molecule has 4 rings (SSSR count). The molecule has 0 radical (unpaired) electrons. The second kappa shape index (κ2) is 12.1. The number of phenolic OH excluding ortho intramolecular Hbond substituents is 1. The molecule has 10 heteroatoms. The summed E-state index contributed by atoms with van der Waals surface area (Å²) in [5.74, 6) is 1.18. The zero-order chi connectivity index (χ0) is 25.3. The van der Waals surface area contributed by atoms with Crippen molar-refractivity contribution in [1.82, 2.24) is 0 Å². The van der Waals surface area contributed by atoms with Crippen LogP contribution in [0.1, 0.15) is 18.1 Å². The quantitative estimate of drug-likeness (QED) is 0.265. The number of rotatable bonds is 10. The molecule has 0 spiro atoms. The first kappa shape index (κ1) is 25.1. The monoisotopic (exact) mass is 511 g/mol. The van der Waals surface area contributed by atoms with Gasteiger partial charge in [-0.25, -0.2) is 4.79 Å². The van der Waals surface area contributed by atoms with Crippen LogP contribution in [0.15, 0.2) is 72.8 Å². The van der Waals surface area contributed by atoms with Crippen LogP contribution in [0.4, 0.5) is 10.5 Å². The van der Waals surface area contributed by atoms with Crippen molar-refractivity contribution in [3.05, 3.63) is 78.4 Å². The van der Waals surface area contributed by atoms with Crippen LogP contribution in [-0.2, 0) is 14.3 Å². The molecule has 0 aromatic heterocycles. The summed E-state index contributed by atoms with van der Waals surface area (Å²) >= 11 is 3.92. The minimum atomic E-state index is -0.908. The largest absolute Gasteiger partial charge is 0.508 e. The molecule has 0 bridgehead atoms. The van der Waals surface area contributed by atoms with Gasteiger partial charge in [0.2, 0.25) is 6.79 Å². The number of phenols is 1. The van der Waals surface area contributed by atoms with E-state index >= 15 is 0 Å². The summed E-state index contributed by atoms with van der Waals surface area (Å²) in [6.45, 7) is 0.140. The first-order valence-electron chi connectivity index (χ1n) is 11.2.